The van der Waals surface area contributed by atoms with E-state index in [1.165, 1.54) is 0 Å². The van der Waals surface area contributed by atoms with Crippen LogP contribution in [0.3, 0.4) is 0 Å². The van der Waals surface area contributed by atoms with E-state index in [1.54, 1.807) is 6.20 Å². The SMILES string of the molecule is Cc1nccn1C1CCCC1O. The van der Waals surface area contributed by atoms with Crippen molar-refractivity contribution in [3.05, 3.63) is 18.2 Å². The lowest BCUT2D eigenvalue weighted by Gasteiger charge is -2.17. The van der Waals surface area contributed by atoms with Crippen molar-refractivity contribution in [3.8, 4) is 0 Å². The summed E-state index contributed by atoms with van der Waals surface area (Å²) in [4.78, 5) is 4.15. The lowest BCUT2D eigenvalue weighted by Crippen LogP contribution is -2.18. The Morgan fingerprint density at radius 1 is 1.58 bits per heavy atom. The number of aliphatic hydroxyl groups is 1. The number of aryl methyl sites for hydroxylation is 1. The second kappa shape index (κ2) is 2.90. The molecular formula is C9H14N2O. The van der Waals surface area contributed by atoms with Gasteiger partial charge in [0, 0.05) is 12.4 Å². The molecule has 2 atom stereocenters. The van der Waals surface area contributed by atoms with Crippen molar-refractivity contribution < 1.29 is 5.11 Å². The summed E-state index contributed by atoms with van der Waals surface area (Å²) in [7, 11) is 0. The van der Waals surface area contributed by atoms with E-state index in [4.69, 9.17) is 0 Å². The van der Waals surface area contributed by atoms with E-state index in [2.05, 4.69) is 9.55 Å². The number of aliphatic hydroxyl groups excluding tert-OH is 1. The zero-order valence-corrected chi connectivity index (χ0v) is 7.27. The van der Waals surface area contributed by atoms with E-state index < -0.39 is 0 Å². The highest BCUT2D eigenvalue weighted by molar-refractivity contribution is 4.96. The second-order valence-corrected chi connectivity index (χ2v) is 3.45. The topological polar surface area (TPSA) is 38.0 Å². The first-order valence-electron chi connectivity index (χ1n) is 4.46. The largest absolute Gasteiger partial charge is 0.391 e. The normalized spacial score (nSPS) is 29.5. The van der Waals surface area contributed by atoms with E-state index in [0.717, 1.165) is 25.1 Å². The van der Waals surface area contributed by atoms with Crippen molar-refractivity contribution in [2.45, 2.75) is 38.3 Å². The van der Waals surface area contributed by atoms with E-state index in [0.29, 0.717) is 0 Å². The van der Waals surface area contributed by atoms with Crippen molar-refractivity contribution in [2.24, 2.45) is 0 Å². The molecule has 12 heavy (non-hydrogen) atoms. The van der Waals surface area contributed by atoms with E-state index in [-0.39, 0.29) is 12.1 Å². The molecule has 1 aromatic heterocycles. The molecule has 2 rings (SSSR count). The lowest BCUT2D eigenvalue weighted by molar-refractivity contribution is 0.135. The van der Waals surface area contributed by atoms with Gasteiger partial charge in [-0.05, 0) is 26.2 Å². The number of rotatable bonds is 1. The van der Waals surface area contributed by atoms with Crippen molar-refractivity contribution in [1.82, 2.24) is 9.55 Å². The minimum Gasteiger partial charge on any atom is -0.391 e. The molecule has 0 aromatic carbocycles. The molecule has 1 heterocycles. The van der Waals surface area contributed by atoms with Gasteiger partial charge in [-0.3, -0.25) is 0 Å². The third kappa shape index (κ3) is 1.14. The number of imidazole rings is 1. The average molecular weight is 166 g/mol. The van der Waals surface area contributed by atoms with Gasteiger partial charge in [-0.25, -0.2) is 4.98 Å². The molecule has 0 saturated heterocycles. The highest BCUT2D eigenvalue weighted by Gasteiger charge is 2.26. The maximum absolute atomic E-state index is 9.64. The molecular weight excluding hydrogens is 152 g/mol. The first-order chi connectivity index (χ1) is 5.79. The molecule has 1 aliphatic carbocycles. The molecule has 1 aliphatic rings. The molecule has 1 aromatic rings. The van der Waals surface area contributed by atoms with Gasteiger partial charge in [0.15, 0.2) is 0 Å². The molecule has 1 N–H and O–H groups in total. The summed E-state index contributed by atoms with van der Waals surface area (Å²) in [5, 5.41) is 9.64. The predicted molar refractivity (Wildman–Crippen MR) is 45.9 cm³/mol. The number of hydrogen-bond acceptors (Lipinski definition) is 2. The number of hydrogen-bond donors (Lipinski definition) is 1. The molecule has 66 valence electrons. The van der Waals surface area contributed by atoms with Crippen LogP contribution >= 0.6 is 0 Å². The van der Waals surface area contributed by atoms with Crippen LogP contribution in [0.15, 0.2) is 12.4 Å². The van der Waals surface area contributed by atoms with Crippen molar-refractivity contribution in [3.63, 3.8) is 0 Å². The minimum atomic E-state index is -0.169. The fourth-order valence-electron chi connectivity index (χ4n) is 1.98. The Bertz CT molecular complexity index is 269. The van der Waals surface area contributed by atoms with Gasteiger partial charge in [0.2, 0.25) is 0 Å². The maximum atomic E-state index is 9.64. The Kier molecular flexibility index (Phi) is 1.89. The van der Waals surface area contributed by atoms with Gasteiger partial charge < -0.3 is 9.67 Å². The molecule has 3 nitrogen and oxygen atoms in total. The smallest absolute Gasteiger partial charge is 0.105 e. The van der Waals surface area contributed by atoms with Crippen molar-refractivity contribution in [2.75, 3.05) is 0 Å². The highest BCUT2D eigenvalue weighted by atomic mass is 16.3. The zero-order valence-electron chi connectivity index (χ0n) is 7.27. The minimum absolute atomic E-state index is 0.169. The fraction of sp³-hybridized carbons (Fsp3) is 0.667. The summed E-state index contributed by atoms with van der Waals surface area (Å²) >= 11 is 0. The summed E-state index contributed by atoms with van der Waals surface area (Å²) in [5.41, 5.74) is 0. The quantitative estimate of drug-likeness (QED) is 0.682. The second-order valence-electron chi connectivity index (χ2n) is 3.45. The number of aromatic nitrogens is 2. The average Bonchev–Trinajstić information content (AvgIpc) is 2.59. The van der Waals surface area contributed by atoms with Crippen LogP contribution in [0, 0.1) is 6.92 Å². The van der Waals surface area contributed by atoms with E-state index in [9.17, 15) is 5.11 Å². The fourth-order valence-corrected chi connectivity index (χ4v) is 1.98. The van der Waals surface area contributed by atoms with Gasteiger partial charge in [-0.1, -0.05) is 0 Å². The van der Waals surface area contributed by atoms with Gasteiger partial charge in [-0.2, -0.15) is 0 Å². The van der Waals surface area contributed by atoms with Crippen molar-refractivity contribution in [1.29, 1.82) is 0 Å². The van der Waals surface area contributed by atoms with Crippen LogP contribution in [0.1, 0.15) is 31.1 Å². The molecule has 1 saturated carbocycles. The Morgan fingerprint density at radius 2 is 2.42 bits per heavy atom. The van der Waals surface area contributed by atoms with Crippen LogP contribution in [0.5, 0.6) is 0 Å². The zero-order chi connectivity index (χ0) is 8.55. The van der Waals surface area contributed by atoms with Crippen LogP contribution in [0.2, 0.25) is 0 Å². The van der Waals surface area contributed by atoms with Gasteiger partial charge in [0.25, 0.3) is 0 Å². The Labute approximate surface area is 72.0 Å². The third-order valence-electron chi connectivity index (χ3n) is 2.66. The molecule has 0 aliphatic heterocycles. The van der Waals surface area contributed by atoms with Crippen LogP contribution in [0.4, 0.5) is 0 Å². The Hall–Kier alpha value is -0.830. The highest BCUT2D eigenvalue weighted by Crippen LogP contribution is 2.30. The summed E-state index contributed by atoms with van der Waals surface area (Å²) in [6.45, 7) is 1.98. The van der Waals surface area contributed by atoms with Gasteiger partial charge >= 0.3 is 0 Å². The first kappa shape index (κ1) is 7.80. The van der Waals surface area contributed by atoms with E-state index in [1.807, 2.05) is 13.1 Å². The van der Waals surface area contributed by atoms with Crippen LogP contribution in [-0.4, -0.2) is 20.8 Å². The van der Waals surface area contributed by atoms with Crippen LogP contribution in [0.25, 0.3) is 0 Å². The Balaban J connectivity index is 2.24. The van der Waals surface area contributed by atoms with E-state index >= 15 is 0 Å². The molecule has 0 amide bonds. The molecule has 1 fully saturated rings. The summed E-state index contributed by atoms with van der Waals surface area (Å²) < 4.78 is 2.08. The molecule has 0 bridgehead atoms. The third-order valence-corrected chi connectivity index (χ3v) is 2.66. The summed E-state index contributed by atoms with van der Waals surface area (Å²) in [6.07, 6.45) is 6.72. The summed E-state index contributed by atoms with van der Waals surface area (Å²) in [6, 6.07) is 0.271. The standard InChI is InChI=1S/C9H14N2O/c1-7-10-5-6-11(7)8-3-2-4-9(8)12/h5-6,8-9,12H,2-4H2,1H3. The van der Waals surface area contributed by atoms with Gasteiger partial charge in [0.05, 0.1) is 12.1 Å². The number of nitrogens with zero attached hydrogens (tertiary/aromatic N) is 2. The lowest BCUT2D eigenvalue weighted by atomic mass is 10.2. The Morgan fingerprint density at radius 3 is 2.92 bits per heavy atom. The molecule has 0 radical (unpaired) electrons. The van der Waals surface area contributed by atoms with Gasteiger partial charge in [0.1, 0.15) is 5.82 Å². The van der Waals surface area contributed by atoms with Crippen molar-refractivity contribution >= 4 is 0 Å². The monoisotopic (exact) mass is 166 g/mol. The predicted octanol–water partition coefficient (Wildman–Crippen LogP) is 1.28. The molecule has 2 unspecified atom stereocenters. The first-order valence-corrected chi connectivity index (χ1v) is 4.46. The summed E-state index contributed by atoms with van der Waals surface area (Å²) in [5.74, 6) is 1.00. The van der Waals surface area contributed by atoms with Crippen LogP contribution < -0.4 is 0 Å². The maximum Gasteiger partial charge on any atom is 0.105 e. The molecule has 3 heteroatoms. The van der Waals surface area contributed by atoms with Gasteiger partial charge in [-0.15, -0.1) is 0 Å². The van der Waals surface area contributed by atoms with Crippen LogP contribution in [-0.2, 0) is 0 Å². The molecule has 0 spiro atoms.